The van der Waals surface area contributed by atoms with Gasteiger partial charge in [0.25, 0.3) is 5.91 Å². The van der Waals surface area contributed by atoms with Crippen molar-refractivity contribution in [1.29, 1.82) is 0 Å². The number of piperidine rings is 1. The molecule has 6 nitrogen and oxygen atoms in total. The number of hydrogen-bond acceptors (Lipinski definition) is 4. The summed E-state index contributed by atoms with van der Waals surface area (Å²) in [4.78, 5) is 30.2. The van der Waals surface area contributed by atoms with Gasteiger partial charge in [-0.3, -0.25) is 14.5 Å². The Hall–Kier alpha value is -1.92. The molecule has 1 saturated carbocycles. The van der Waals surface area contributed by atoms with Crippen LogP contribution in [0, 0.1) is 24.2 Å². The molecule has 0 aromatic heterocycles. The molecule has 0 spiro atoms. The minimum Gasteiger partial charge on any atom is -0.381 e. The van der Waals surface area contributed by atoms with Crippen LogP contribution in [-0.2, 0) is 14.9 Å². The van der Waals surface area contributed by atoms with Crippen LogP contribution in [0.4, 0.5) is 0 Å². The zero-order valence-electron chi connectivity index (χ0n) is 20.3. The van der Waals surface area contributed by atoms with Crippen LogP contribution in [-0.4, -0.2) is 73.1 Å². The van der Waals surface area contributed by atoms with Gasteiger partial charge >= 0.3 is 0 Å². The van der Waals surface area contributed by atoms with Gasteiger partial charge in [-0.2, -0.15) is 0 Å². The number of amides is 2. The highest BCUT2D eigenvalue weighted by atomic mass is 16.5. The van der Waals surface area contributed by atoms with Crippen LogP contribution >= 0.6 is 0 Å². The molecule has 1 aliphatic carbocycles. The van der Waals surface area contributed by atoms with E-state index in [4.69, 9.17) is 4.74 Å². The van der Waals surface area contributed by atoms with Crippen LogP contribution in [0.5, 0.6) is 0 Å². The molecule has 0 bridgehead atoms. The average molecular weight is 453 g/mol. The van der Waals surface area contributed by atoms with Gasteiger partial charge in [0.15, 0.2) is 0 Å². The molecule has 2 amide bonds. The smallest absolute Gasteiger partial charge is 0.253 e. The molecule has 1 aromatic rings. The van der Waals surface area contributed by atoms with E-state index in [2.05, 4.69) is 49.5 Å². The van der Waals surface area contributed by atoms with Crippen molar-refractivity contribution in [2.75, 3.05) is 39.4 Å². The van der Waals surface area contributed by atoms with E-state index in [9.17, 15) is 9.59 Å². The summed E-state index contributed by atoms with van der Waals surface area (Å²) in [5.74, 6) is 1.86. The number of nitrogens with one attached hydrogen (secondary N) is 1. The molecule has 3 atom stereocenters. The third kappa shape index (κ3) is 4.69. The lowest BCUT2D eigenvalue weighted by atomic mass is 9.86. The zero-order valence-corrected chi connectivity index (χ0v) is 20.3. The number of carbonyl (C=O) groups is 2. The third-order valence-electron chi connectivity index (χ3n) is 8.23. The maximum absolute atomic E-state index is 12.9. The van der Waals surface area contributed by atoms with Crippen LogP contribution in [0.25, 0.3) is 0 Å². The number of benzene rings is 1. The standard InChI is InChI=1S/C27H38N3O3/c1-27(2,3)19-8-6-18(7-9-19)26(32)29-16-22-21(23(22)17-29)15-28-25(31)24-5-4-12-30(24)20-10-13-33-14-11-20/h5-9,20-24H,4,10-17H2,1-3H3,(H,28,31). The number of likely N-dealkylation sites (tertiary alicyclic amines) is 2. The molecule has 3 saturated heterocycles. The molecule has 1 N–H and O–H groups in total. The summed E-state index contributed by atoms with van der Waals surface area (Å²) in [6.45, 7) is 11.5. The summed E-state index contributed by atoms with van der Waals surface area (Å²) in [6.07, 6.45) is 5.20. The second-order valence-corrected chi connectivity index (χ2v) is 11.3. The molecule has 3 unspecified atom stereocenters. The Bertz CT molecular complexity index is 860. The SMILES string of the molecule is CC(C)(C)c1ccc(C(=O)N2CC3C(CNC(=O)C4[CH]CCN4C4CCOCC4)C3C2)cc1. The lowest BCUT2D eigenvalue weighted by Crippen LogP contribution is -2.50. The van der Waals surface area contributed by atoms with Crippen molar-refractivity contribution < 1.29 is 14.3 Å². The molecule has 4 aliphatic rings. The van der Waals surface area contributed by atoms with Crippen molar-refractivity contribution in [2.24, 2.45) is 17.8 Å². The van der Waals surface area contributed by atoms with Gasteiger partial charge in [-0.05, 0) is 73.1 Å². The van der Waals surface area contributed by atoms with Crippen LogP contribution < -0.4 is 5.32 Å². The number of carbonyl (C=O) groups excluding carboxylic acids is 2. The second kappa shape index (κ2) is 9.03. The fraction of sp³-hybridized carbons (Fsp3) is 0.667. The van der Waals surface area contributed by atoms with E-state index in [1.54, 1.807) is 0 Å². The molecule has 3 aliphatic heterocycles. The number of hydrogen-bond donors (Lipinski definition) is 1. The summed E-state index contributed by atoms with van der Waals surface area (Å²) in [7, 11) is 0. The van der Waals surface area contributed by atoms with Gasteiger partial charge in [-0.1, -0.05) is 32.9 Å². The van der Waals surface area contributed by atoms with E-state index in [-0.39, 0.29) is 23.3 Å². The first-order chi connectivity index (χ1) is 15.8. The Morgan fingerprint density at radius 1 is 1.06 bits per heavy atom. The quantitative estimate of drug-likeness (QED) is 0.746. The van der Waals surface area contributed by atoms with Crippen molar-refractivity contribution in [1.82, 2.24) is 15.1 Å². The van der Waals surface area contributed by atoms with Crippen LogP contribution in [0.1, 0.15) is 56.0 Å². The maximum Gasteiger partial charge on any atom is 0.253 e. The number of fused-ring (bicyclic) bond motifs is 1. The van der Waals surface area contributed by atoms with Crippen molar-refractivity contribution in [3.05, 3.63) is 41.8 Å². The molecule has 1 aromatic carbocycles. The topological polar surface area (TPSA) is 61.9 Å². The first-order valence-electron chi connectivity index (χ1n) is 12.7. The molecule has 1 radical (unpaired) electrons. The van der Waals surface area contributed by atoms with E-state index in [1.807, 2.05) is 17.0 Å². The van der Waals surface area contributed by atoms with Gasteiger partial charge in [-0.25, -0.2) is 0 Å². The van der Waals surface area contributed by atoms with Gasteiger partial charge in [0.05, 0.1) is 6.04 Å². The van der Waals surface area contributed by atoms with Gasteiger partial charge in [0, 0.05) is 44.5 Å². The normalized spacial score (nSPS) is 30.3. The minimum absolute atomic E-state index is 0.0899. The fourth-order valence-corrected chi connectivity index (χ4v) is 6.08. The average Bonchev–Trinajstić information content (AvgIpc) is 3.18. The number of rotatable bonds is 5. The second-order valence-electron chi connectivity index (χ2n) is 11.3. The number of ether oxygens (including phenoxy) is 1. The predicted octanol–water partition coefficient (Wildman–Crippen LogP) is 2.88. The lowest BCUT2D eigenvalue weighted by Gasteiger charge is -2.34. The lowest BCUT2D eigenvalue weighted by molar-refractivity contribution is -0.126. The predicted molar refractivity (Wildman–Crippen MR) is 128 cm³/mol. The van der Waals surface area contributed by atoms with Crippen LogP contribution in [0.2, 0.25) is 0 Å². The Balaban J connectivity index is 1.08. The highest BCUT2D eigenvalue weighted by Gasteiger charge is 2.56. The van der Waals surface area contributed by atoms with Gasteiger partial charge in [0.2, 0.25) is 5.91 Å². The van der Waals surface area contributed by atoms with Crippen molar-refractivity contribution in [3.63, 3.8) is 0 Å². The Morgan fingerprint density at radius 3 is 2.36 bits per heavy atom. The Kier molecular flexibility index (Phi) is 6.25. The third-order valence-corrected chi connectivity index (χ3v) is 8.23. The molecule has 4 fully saturated rings. The van der Waals surface area contributed by atoms with Crippen molar-refractivity contribution in [2.45, 2.75) is 57.5 Å². The number of nitrogens with zero attached hydrogens (tertiary/aromatic N) is 2. The van der Waals surface area contributed by atoms with Gasteiger partial charge in [-0.15, -0.1) is 0 Å². The molecular formula is C27H38N3O3. The van der Waals surface area contributed by atoms with E-state index in [1.165, 1.54) is 5.56 Å². The van der Waals surface area contributed by atoms with Gasteiger partial charge in [0.1, 0.15) is 0 Å². The monoisotopic (exact) mass is 452 g/mol. The Labute approximate surface area is 198 Å². The van der Waals surface area contributed by atoms with E-state index < -0.39 is 0 Å². The van der Waals surface area contributed by atoms with Crippen molar-refractivity contribution in [3.8, 4) is 0 Å². The van der Waals surface area contributed by atoms with Crippen LogP contribution in [0.3, 0.4) is 0 Å². The molecule has 33 heavy (non-hydrogen) atoms. The summed E-state index contributed by atoms with van der Waals surface area (Å²) >= 11 is 0. The molecule has 179 valence electrons. The highest BCUT2D eigenvalue weighted by Crippen LogP contribution is 2.51. The zero-order chi connectivity index (χ0) is 23.2. The first-order valence-corrected chi connectivity index (χ1v) is 12.7. The van der Waals surface area contributed by atoms with E-state index in [0.29, 0.717) is 23.8 Å². The Morgan fingerprint density at radius 2 is 1.73 bits per heavy atom. The maximum atomic E-state index is 12.9. The van der Waals surface area contributed by atoms with Crippen LogP contribution in [0.15, 0.2) is 24.3 Å². The molecule has 3 heterocycles. The molecule has 5 rings (SSSR count). The largest absolute Gasteiger partial charge is 0.381 e. The first kappa shape index (κ1) is 22.9. The molecular weight excluding hydrogens is 414 g/mol. The summed E-state index contributed by atoms with van der Waals surface area (Å²) < 4.78 is 5.49. The molecule has 6 heteroatoms. The summed E-state index contributed by atoms with van der Waals surface area (Å²) in [5, 5.41) is 3.23. The summed E-state index contributed by atoms with van der Waals surface area (Å²) in [5.41, 5.74) is 2.11. The highest BCUT2D eigenvalue weighted by molar-refractivity contribution is 5.94. The van der Waals surface area contributed by atoms with Gasteiger partial charge < -0.3 is 15.0 Å². The minimum atomic E-state index is -0.0964. The summed E-state index contributed by atoms with van der Waals surface area (Å²) in [6, 6.07) is 8.45. The van der Waals surface area contributed by atoms with E-state index in [0.717, 1.165) is 64.2 Å². The van der Waals surface area contributed by atoms with Crippen molar-refractivity contribution >= 4 is 11.8 Å². The van der Waals surface area contributed by atoms with E-state index >= 15 is 0 Å². The fourth-order valence-electron chi connectivity index (χ4n) is 6.08.